The van der Waals surface area contributed by atoms with Crippen molar-refractivity contribution in [2.24, 2.45) is 0 Å². The van der Waals surface area contributed by atoms with Crippen LogP contribution in [0, 0.1) is 0 Å². The fourth-order valence-electron chi connectivity index (χ4n) is 0.475. The van der Waals surface area contributed by atoms with Crippen LogP contribution in [0.3, 0.4) is 0 Å². The van der Waals surface area contributed by atoms with Crippen molar-refractivity contribution in [3.05, 3.63) is 0 Å². The van der Waals surface area contributed by atoms with Gasteiger partial charge in [0.1, 0.15) is 4.32 Å². The quantitative estimate of drug-likeness (QED) is 0.636. The molecule has 0 aromatic rings. The molecule has 0 saturated heterocycles. The average Bonchev–Trinajstić information content (AvgIpc) is 2.00. The number of hydrogen-bond acceptors (Lipinski definition) is 4. The Morgan fingerprint density at radius 1 is 1.67 bits per heavy atom. The first-order valence-corrected chi connectivity index (χ1v) is 4.68. The SMILES string of the molecule is CN(CCO)C(=S)SCC(=O)O. The van der Waals surface area contributed by atoms with E-state index in [0.29, 0.717) is 10.9 Å². The number of carboxylic acids is 1. The third kappa shape index (κ3) is 5.34. The van der Waals surface area contributed by atoms with E-state index in [0.717, 1.165) is 11.8 Å². The summed E-state index contributed by atoms with van der Waals surface area (Å²) < 4.78 is 0.492. The van der Waals surface area contributed by atoms with Crippen LogP contribution in [0.5, 0.6) is 0 Å². The maximum atomic E-state index is 10.1. The van der Waals surface area contributed by atoms with Crippen LogP contribution in [0.2, 0.25) is 0 Å². The number of thiocarbonyl (C=S) groups is 1. The van der Waals surface area contributed by atoms with Crippen LogP contribution in [0.4, 0.5) is 0 Å². The number of rotatable bonds is 4. The zero-order valence-corrected chi connectivity index (χ0v) is 8.32. The van der Waals surface area contributed by atoms with Gasteiger partial charge in [-0.05, 0) is 0 Å². The number of carboxylic acid groups (broad SMARTS) is 1. The smallest absolute Gasteiger partial charge is 0.313 e. The number of aliphatic carboxylic acids is 1. The first kappa shape index (κ1) is 11.7. The van der Waals surface area contributed by atoms with Gasteiger partial charge in [0.15, 0.2) is 0 Å². The summed E-state index contributed by atoms with van der Waals surface area (Å²) in [7, 11) is 1.72. The Labute approximate surface area is 80.6 Å². The standard InChI is InChI=1S/C6H11NO3S2/c1-7(2-3-8)6(11)12-4-5(9)10/h8H,2-4H2,1H3,(H,9,10). The van der Waals surface area contributed by atoms with Crippen molar-refractivity contribution in [2.75, 3.05) is 26.0 Å². The normalized spacial score (nSPS) is 9.50. The fourth-order valence-corrected chi connectivity index (χ4v) is 1.30. The first-order valence-electron chi connectivity index (χ1n) is 3.28. The highest BCUT2D eigenvalue weighted by Gasteiger charge is 2.06. The second kappa shape index (κ2) is 6.22. The molecule has 0 unspecified atom stereocenters. The minimum absolute atomic E-state index is 0.0181. The molecule has 0 rings (SSSR count). The number of thioether (sulfide) groups is 1. The zero-order valence-electron chi connectivity index (χ0n) is 6.69. The van der Waals surface area contributed by atoms with Crippen LogP contribution in [-0.2, 0) is 4.79 Å². The maximum Gasteiger partial charge on any atom is 0.313 e. The molecule has 0 radical (unpaired) electrons. The van der Waals surface area contributed by atoms with Crippen molar-refractivity contribution < 1.29 is 15.0 Å². The van der Waals surface area contributed by atoms with Crippen molar-refractivity contribution in [3.8, 4) is 0 Å². The Kier molecular flexibility index (Phi) is 6.04. The van der Waals surface area contributed by atoms with Gasteiger partial charge in [0.2, 0.25) is 0 Å². The summed E-state index contributed by atoms with van der Waals surface area (Å²) in [6.45, 7) is 0.454. The summed E-state index contributed by atoms with van der Waals surface area (Å²) in [5.74, 6) is -0.922. The van der Waals surface area contributed by atoms with Crippen molar-refractivity contribution >= 4 is 34.3 Å². The van der Waals surface area contributed by atoms with E-state index in [1.165, 1.54) is 0 Å². The molecule has 0 saturated carbocycles. The Morgan fingerprint density at radius 3 is 2.67 bits per heavy atom. The molecule has 0 fully saturated rings. The molecule has 12 heavy (non-hydrogen) atoms. The highest BCUT2D eigenvalue weighted by Crippen LogP contribution is 2.06. The van der Waals surface area contributed by atoms with Gasteiger partial charge in [-0.3, -0.25) is 4.79 Å². The summed E-state index contributed by atoms with van der Waals surface area (Å²) in [4.78, 5) is 11.8. The number of nitrogens with zero attached hydrogens (tertiary/aromatic N) is 1. The second-order valence-corrected chi connectivity index (χ2v) is 3.70. The molecule has 6 heteroatoms. The van der Waals surface area contributed by atoms with E-state index >= 15 is 0 Å². The molecule has 0 aliphatic rings. The Morgan fingerprint density at radius 2 is 2.25 bits per heavy atom. The van der Waals surface area contributed by atoms with Gasteiger partial charge in [0.05, 0.1) is 12.4 Å². The van der Waals surface area contributed by atoms with E-state index in [2.05, 4.69) is 0 Å². The van der Waals surface area contributed by atoms with Gasteiger partial charge in [-0.15, -0.1) is 0 Å². The lowest BCUT2D eigenvalue weighted by molar-refractivity contribution is -0.133. The third-order valence-corrected chi connectivity index (χ3v) is 2.68. The van der Waals surface area contributed by atoms with Gasteiger partial charge in [0.25, 0.3) is 0 Å². The summed E-state index contributed by atoms with van der Waals surface area (Å²) in [5.41, 5.74) is 0. The van der Waals surface area contributed by atoms with Crippen LogP contribution >= 0.6 is 24.0 Å². The topological polar surface area (TPSA) is 60.8 Å². The Balaban J connectivity index is 3.64. The van der Waals surface area contributed by atoms with Crippen LogP contribution in [0.15, 0.2) is 0 Å². The van der Waals surface area contributed by atoms with Crippen LogP contribution < -0.4 is 0 Å². The van der Waals surface area contributed by atoms with Gasteiger partial charge in [-0.2, -0.15) is 0 Å². The van der Waals surface area contributed by atoms with Gasteiger partial charge >= 0.3 is 5.97 Å². The lowest BCUT2D eigenvalue weighted by atomic mass is 10.6. The van der Waals surface area contributed by atoms with E-state index in [4.69, 9.17) is 22.4 Å². The van der Waals surface area contributed by atoms with Crippen molar-refractivity contribution in [1.29, 1.82) is 0 Å². The summed E-state index contributed by atoms with van der Waals surface area (Å²) in [6.07, 6.45) is 0. The molecule has 70 valence electrons. The minimum Gasteiger partial charge on any atom is -0.481 e. The fraction of sp³-hybridized carbons (Fsp3) is 0.667. The molecule has 0 aromatic heterocycles. The van der Waals surface area contributed by atoms with Crippen LogP contribution in [0.25, 0.3) is 0 Å². The molecular weight excluding hydrogens is 198 g/mol. The predicted molar refractivity (Wildman–Crippen MR) is 52.4 cm³/mol. The van der Waals surface area contributed by atoms with E-state index < -0.39 is 5.97 Å². The zero-order chi connectivity index (χ0) is 9.56. The summed E-state index contributed by atoms with van der Waals surface area (Å²) >= 11 is 5.95. The van der Waals surface area contributed by atoms with Crippen LogP contribution in [-0.4, -0.2) is 51.4 Å². The Hall–Kier alpha value is -0.330. The molecule has 0 aliphatic carbocycles. The Bertz CT molecular complexity index is 174. The second-order valence-electron chi connectivity index (χ2n) is 2.09. The monoisotopic (exact) mass is 209 g/mol. The minimum atomic E-state index is -0.889. The number of carbonyl (C=O) groups is 1. The van der Waals surface area contributed by atoms with Crippen molar-refractivity contribution in [3.63, 3.8) is 0 Å². The summed E-state index contributed by atoms with van der Waals surface area (Å²) in [6, 6.07) is 0. The molecule has 0 atom stereocenters. The van der Waals surface area contributed by atoms with Gasteiger partial charge in [-0.25, -0.2) is 0 Å². The number of likely N-dealkylation sites (N-methyl/N-ethyl adjacent to an activating group) is 1. The van der Waals surface area contributed by atoms with Crippen molar-refractivity contribution in [2.45, 2.75) is 0 Å². The molecule has 0 spiro atoms. The predicted octanol–water partition coefficient (Wildman–Crippen LogP) is 0.0132. The van der Waals surface area contributed by atoms with Gasteiger partial charge in [-0.1, -0.05) is 24.0 Å². The van der Waals surface area contributed by atoms with E-state index in [1.54, 1.807) is 11.9 Å². The maximum absolute atomic E-state index is 10.1. The lowest BCUT2D eigenvalue weighted by Gasteiger charge is -2.16. The van der Waals surface area contributed by atoms with E-state index in [1.807, 2.05) is 0 Å². The van der Waals surface area contributed by atoms with E-state index in [9.17, 15) is 4.79 Å². The molecule has 0 aromatic carbocycles. The highest BCUT2D eigenvalue weighted by molar-refractivity contribution is 8.23. The molecule has 0 heterocycles. The van der Waals surface area contributed by atoms with Crippen molar-refractivity contribution in [1.82, 2.24) is 4.90 Å². The first-order chi connectivity index (χ1) is 5.57. The highest BCUT2D eigenvalue weighted by atomic mass is 32.2. The largest absolute Gasteiger partial charge is 0.481 e. The molecule has 4 nitrogen and oxygen atoms in total. The van der Waals surface area contributed by atoms with E-state index in [-0.39, 0.29) is 12.4 Å². The number of aliphatic hydroxyl groups excluding tert-OH is 1. The number of aliphatic hydroxyl groups is 1. The molecule has 0 bridgehead atoms. The molecular formula is C6H11NO3S2. The average molecular weight is 209 g/mol. The molecule has 0 aliphatic heterocycles. The van der Waals surface area contributed by atoms with Crippen LogP contribution in [0.1, 0.15) is 0 Å². The number of hydrogen-bond donors (Lipinski definition) is 2. The lowest BCUT2D eigenvalue weighted by Crippen LogP contribution is -2.26. The third-order valence-electron chi connectivity index (χ3n) is 1.07. The summed E-state index contributed by atoms with van der Waals surface area (Å²) in [5, 5.41) is 16.9. The van der Waals surface area contributed by atoms with Gasteiger partial charge < -0.3 is 15.1 Å². The molecule has 0 amide bonds. The van der Waals surface area contributed by atoms with Gasteiger partial charge in [0, 0.05) is 13.6 Å². The molecule has 2 N–H and O–H groups in total.